The molecule has 3 rings (SSSR count). The van der Waals surface area contributed by atoms with Crippen LogP contribution < -0.4 is 0 Å². The van der Waals surface area contributed by atoms with Gasteiger partial charge < -0.3 is 14.7 Å². The molecule has 3 heteroatoms. The van der Waals surface area contributed by atoms with Crippen molar-refractivity contribution >= 4 is 10.8 Å². The first kappa shape index (κ1) is 13.4. The Morgan fingerprint density at radius 3 is 2.80 bits per heavy atom. The zero-order valence-electron chi connectivity index (χ0n) is 11.9. The first-order chi connectivity index (χ1) is 9.78. The minimum Gasteiger partial charge on any atom is -0.507 e. The maximum Gasteiger partial charge on any atom is 0.123 e. The lowest BCUT2D eigenvalue weighted by atomic mass is 10.0. The van der Waals surface area contributed by atoms with Crippen LogP contribution in [0.5, 0.6) is 5.75 Å². The highest BCUT2D eigenvalue weighted by Gasteiger charge is 2.21. The predicted molar refractivity (Wildman–Crippen MR) is 81.2 cm³/mol. The molecule has 1 fully saturated rings. The maximum absolute atomic E-state index is 10.1. The lowest BCUT2D eigenvalue weighted by Crippen LogP contribution is -2.25. The monoisotopic (exact) mass is 271 g/mol. The molecule has 1 atom stereocenters. The third-order valence-corrected chi connectivity index (χ3v) is 4.23. The van der Waals surface area contributed by atoms with Gasteiger partial charge in [-0.05, 0) is 29.9 Å². The largest absolute Gasteiger partial charge is 0.507 e. The van der Waals surface area contributed by atoms with Gasteiger partial charge >= 0.3 is 0 Å². The molecule has 0 spiro atoms. The van der Waals surface area contributed by atoms with Gasteiger partial charge in [0.05, 0.1) is 6.10 Å². The van der Waals surface area contributed by atoms with Crippen LogP contribution in [0.4, 0.5) is 0 Å². The highest BCUT2D eigenvalue weighted by molar-refractivity contribution is 5.91. The summed E-state index contributed by atoms with van der Waals surface area (Å²) in [4.78, 5) is 2.44. The number of hydrogen-bond acceptors (Lipinski definition) is 3. The van der Waals surface area contributed by atoms with Crippen molar-refractivity contribution in [1.82, 2.24) is 4.90 Å². The van der Waals surface area contributed by atoms with E-state index >= 15 is 0 Å². The maximum atomic E-state index is 10.1. The van der Waals surface area contributed by atoms with Gasteiger partial charge in [-0.15, -0.1) is 0 Å². The van der Waals surface area contributed by atoms with E-state index in [1.54, 1.807) is 13.2 Å². The molecule has 0 radical (unpaired) electrons. The lowest BCUT2D eigenvalue weighted by molar-refractivity contribution is 0.108. The molecule has 0 unspecified atom stereocenters. The van der Waals surface area contributed by atoms with Gasteiger partial charge in [0.25, 0.3) is 0 Å². The number of rotatable bonds is 4. The highest BCUT2D eigenvalue weighted by Crippen LogP contribution is 2.28. The summed E-state index contributed by atoms with van der Waals surface area (Å²) in [5, 5.41) is 12.2. The second-order valence-corrected chi connectivity index (χ2v) is 5.49. The molecular weight excluding hydrogens is 250 g/mol. The van der Waals surface area contributed by atoms with E-state index in [4.69, 9.17) is 4.74 Å². The van der Waals surface area contributed by atoms with Gasteiger partial charge in [0.2, 0.25) is 0 Å². The van der Waals surface area contributed by atoms with Gasteiger partial charge in [0.15, 0.2) is 0 Å². The van der Waals surface area contributed by atoms with Crippen molar-refractivity contribution in [3.05, 3.63) is 42.0 Å². The average Bonchev–Trinajstić information content (AvgIpc) is 2.93. The number of nitrogens with zero attached hydrogens (tertiary/aromatic N) is 1. The standard InChI is InChI=1S/C17H21NO2/c1-20-15-9-11-18(12-15)10-8-14-5-2-4-13-6-3-7-16(19)17(13)14/h2-7,15,19H,8-12H2,1H3/t15-/m1/s1. The quantitative estimate of drug-likeness (QED) is 0.928. The van der Waals surface area contributed by atoms with Gasteiger partial charge in [-0.1, -0.05) is 30.3 Å². The number of aromatic hydroxyl groups is 1. The number of ether oxygens (including phenoxy) is 1. The normalized spacial score (nSPS) is 19.8. The van der Waals surface area contributed by atoms with E-state index in [-0.39, 0.29) is 0 Å². The molecule has 0 bridgehead atoms. The van der Waals surface area contributed by atoms with E-state index in [2.05, 4.69) is 29.2 Å². The fraction of sp³-hybridized carbons (Fsp3) is 0.412. The number of hydrogen-bond donors (Lipinski definition) is 1. The van der Waals surface area contributed by atoms with Crippen LogP contribution >= 0.6 is 0 Å². The van der Waals surface area contributed by atoms with Gasteiger partial charge in [-0.3, -0.25) is 0 Å². The lowest BCUT2D eigenvalue weighted by Gasteiger charge is -2.16. The Labute approximate surface area is 119 Å². The molecular formula is C17H21NO2. The van der Waals surface area contributed by atoms with Crippen molar-refractivity contribution in [3.63, 3.8) is 0 Å². The van der Waals surface area contributed by atoms with Crippen molar-refractivity contribution in [2.75, 3.05) is 26.7 Å². The third-order valence-electron chi connectivity index (χ3n) is 4.23. The van der Waals surface area contributed by atoms with E-state index in [0.29, 0.717) is 11.9 Å². The Kier molecular flexibility index (Phi) is 3.90. The summed E-state index contributed by atoms with van der Waals surface area (Å²) in [6, 6.07) is 11.9. The van der Waals surface area contributed by atoms with Crippen LogP contribution in [0.25, 0.3) is 10.8 Å². The smallest absolute Gasteiger partial charge is 0.123 e. The number of phenols is 1. The van der Waals surface area contributed by atoms with Gasteiger partial charge in [-0.2, -0.15) is 0 Å². The number of methoxy groups -OCH3 is 1. The van der Waals surface area contributed by atoms with Crippen LogP contribution in [-0.2, 0) is 11.2 Å². The Morgan fingerprint density at radius 2 is 2.05 bits per heavy atom. The van der Waals surface area contributed by atoms with Crippen molar-refractivity contribution < 1.29 is 9.84 Å². The second-order valence-electron chi connectivity index (χ2n) is 5.49. The summed E-state index contributed by atoms with van der Waals surface area (Å²) in [5.74, 6) is 0.384. The van der Waals surface area contributed by atoms with Crippen LogP contribution in [0.15, 0.2) is 36.4 Å². The molecule has 1 N–H and O–H groups in total. The van der Waals surface area contributed by atoms with Crippen LogP contribution in [0.1, 0.15) is 12.0 Å². The number of benzene rings is 2. The number of likely N-dealkylation sites (tertiary alicyclic amines) is 1. The number of phenolic OH excluding ortho intramolecular Hbond substituents is 1. The highest BCUT2D eigenvalue weighted by atomic mass is 16.5. The average molecular weight is 271 g/mol. The van der Waals surface area contributed by atoms with Crippen LogP contribution in [-0.4, -0.2) is 42.9 Å². The van der Waals surface area contributed by atoms with Gasteiger partial charge in [-0.25, -0.2) is 0 Å². The Balaban J connectivity index is 1.75. The van der Waals surface area contributed by atoms with E-state index in [1.165, 1.54) is 5.56 Å². The molecule has 0 aromatic heterocycles. The topological polar surface area (TPSA) is 32.7 Å². The molecule has 3 nitrogen and oxygen atoms in total. The molecule has 0 saturated carbocycles. The van der Waals surface area contributed by atoms with E-state index < -0.39 is 0 Å². The summed E-state index contributed by atoms with van der Waals surface area (Å²) in [7, 11) is 1.79. The molecule has 0 aliphatic carbocycles. The summed E-state index contributed by atoms with van der Waals surface area (Å²) >= 11 is 0. The molecule has 0 amide bonds. The number of fused-ring (bicyclic) bond motifs is 1. The molecule has 1 heterocycles. The SMILES string of the molecule is CO[C@@H]1CCN(CCc2cccc3cccc(O)c23)C1. The van der Waals surface area contributed by atoms with Gasteiger partial charge in [0.1, 0.15) is 5.75 Å². The minimum atomic E-state index is 0.384. The molecule has 1 aliphatic rings. The van der Waals surface area contributed by atoms with Crippen LogP contribution in [0.3, 0.4) is 0 Å². The zero-order valence-corrected chi connectivity index (χ0v) is 11.9. The minimum absolute atomic E-state index is 0.384. The fourth-order valence-corrected chi connectivity index (χ4v) is 3.08. The van der Waals surface area contributed by atoms with E-state index in [0.717, 1.165) is 43.2 Å². The summed E-state index contributed by atoms with van der Waals surface area (Å²) in [6.07, 6.45) is 2.47. The molecule has 2 aromatic rings. The Morgan fingerprint density at radius 1 is 1.25 bits per heavy atom. The van der Waals surface area contributed by atoms with E-state index in [1.807, 2.05) is 6.07 Å². The summed E-state index contributed by atoms with van der Waals surface area (Å²) < 4.78 is 5.40. The molecule has 1 aliphatic heterocycles. The third kappa shape index (κ3) is 2.65. The Bertz CT molecular complexity index is 591. The summed E-state index contributed by atoms with van der Waals surface area (Å²) in [5.41, 5.74) is 1.22. The fourth-order valence-electron chi connectivity index (χ4n) is 3.08. The second kappa shape index (κ2) is 5.81. The molecule has 20 heavy (non-hydrogen) atoms. The Hall–Kier alpha value is -1.58. The van der Waals surface area contributed by atoms with Crippen LogP contribution in [0.2, 0.25) is 0 Å². The first-order valence-electron chi connectivity index (χ1n) is 7.22. The zero-order chi connectivity index (χ0) is 13.9. The molecule has 106 valence electrons. The molecule has 2 aromatic carbocycles. The van der Waals surface area contributed by atoms with Crippen molar-refractivity contribution in [1.29, 1.82) is 0 Å². The predicted octanol–water partition coefficient (Wildman–Crippen LogP) is 2.81. The van der Waals surface area contributed by atoms with E-state index in [9.17, 15) is 5.11 Å². The van der Waals surface area contributed by atoms with Crippen LogP contribution in [0, 0.1) is 0 Å². The first-order valence-corrected chi connectivity index (χ1v) is 7.22. The molecule has 1 saturated heterocycles. The van der Waals surface area contributed by atoms with Gasteiger partial charge in [0, 0.05) is 32.1 Å². The summed E-state index contributed by atoms with van der Waals surface area (Å²) in [6.45, 7) is 3.15. The van der Waals surface area contributed by atoms with Crippen molar-refractivity contribution in [2.45, 2.75) is 18.9 Å². The van der Waals surface area contributed by atoms with Crippen molar-refractivity contribution in [3.8, 4) is 5.75 Å². The van der Waals surface area contributed by atoms with Crippen molar-refractivity contribution in [2.24, 2.45) is 0 Å².